The minimum absolute atomic E-state index is 0.000959. The van der Waals surface area contributed by atoms with Gasteiger partial charge in [0.2, 0.25) is 5.95 Å². The Kier molecular flexibility index (Phi) is 3.23. The van der Waals surface area contributed by atoms with Crippen LogP contribution in [-0.4, -0.2) is 20.2 Å². The molecule has 1 aromatic heterocycles. The highest BCUT2D eigenvalue weighted by molar-refractivity contribution is 8.13. The summed E-state index contributed by atoms with van der Waals surface area (Å²) in [6, 6.07) is 0. The van der Waals surface area contributed by atoms with E-state index in [9.17, 15) is 4.79 Å². The molecule has 0 N–H and O–H groups in total. The van der Waals surface area contributed by atoms with E-state index in [1.54, 1.807) is 6.92 Å². The highest BCUT2D eigenvalue weighted by Crippen LogP contribution is 2.53. The van der Waals surface area contributed by atoms with Crippen LogP contribution in [0.4, 0.5) is 5.95 Å². The Labute approximate surface area is 146 Å². The largest absolute Gasteiger partial charge is 0.299 e. The summed E-state index contributed by atoms with van der Waals surface area (Å²) in [6.45, 7) is 8.28. The van der Waals surface area contributed by atoms with E-state index < -0.39 is 0 Å². The van der Waals surface area contributed by atoms with Gasteiger partial charge in [0.1, 0.15) is 10.6 Å². The van der Waals surface area contributed by atoms with Crippen LogP contribution in [0.3, 0.4) is 0 Å². The first kappa shape index (κ1) is 15.5. The number of nitrogens with zero attached hydrogens (tertiary/aromatic N) is 3. The third kappa shape index (κ3) is 2.00. The van der Waals surface area contributed by atoms with E-state index in [0.717, 1.165) is 17.4 Å². The molecular weight excluding hydrogens is 318 g/mol. The molecule has 1 spiro atoms. The second-order valence-corrected chi connectivity index (χ2v) is 8.63. The predicted molar refractivity (Wildman–Crippen MR) is 98.7 cm³/mol. The summed E-state index contributed by atoms with van der Waals surface area (Å²) >= 11 is 1.24. The van der Waals surface area contributed by atoms with Crippen molar-refractivity contribution in [1.29, 1.82) is 0 Å². The summed E-state index contributed by atoms with van der Waals surface area (Å²) in [4.78, 5) is 18.7. The van der Waals surface area contributed by atoms with Crippen LogP contribution in [0, 0.1) is 5.41 Å². The monoisotopic (exact) mass is 339 g/mol. The van der Waals surface area contributed by atoms with Crippen molar-refractivity contribution in [2.24, 2.45) is 5.41 Å². The molecule has 1 unspecified atom stereocenters. The van der Waals surface area contributed by atoms with Crippen LogP contribution < -0.4 is 4.90 Å². The molecule has 124 valence electrons. The fourth-order valence-corrected chi connectivity index (χ4v) is 4.42. The normalized spacial score (nSPS) is 24.2. The maximum Gasteiger partial charge on any atom is 0.216 e. The lowest BCUT2D eigenvalue weighted by Crippen LogP contribution is -2.48. The van der Waals surface area contributed by atoms with Crippen molar-refractivity contribution in [2.75, 3.05) is 4.90 Å². The van der Waals surface area contributed by atoms with Gasteiger partial charge < -0.3 is 0 Å². The van der Waals surface area contributed by atoms with Crippen molar-refractivity contribution in [3.8, 4) is 0 Å². The van der Waals surface area contributed by atoms with E-state index in [-0.39, 0.29) is 16.1 Å². The number of aromatic nitrogens is 2. The molecule has 0 fully saturated rings. The number of thioether (sulfide) groups is 1. The molecule has 2 aliphatic heterocycles. The fourth-order valence-electron chi connectivity index (χ4n) is 3.75. The first-order valence-electron chi connectivity index (χ1n) is 8.19. The highest BCUT2D eigenvalue weighted by atomic mass is 32.2. The number of allylic oxidation sites excluding steroid dienone is 5. The summed E-state index contributed by atoms with van der Waals surface area (Å²) in [7, 11) is 0. The van der Waals surface area contributed by atoms with Gasteiger partial charge in [0, 0.05) is 18.0 Å². The second-order valence-electron chi connectivity index (χ2n) is 7.43. The molecule has 0 radical (unpaired) electrons. The molecule has 3 aliphatic rings. The van der Waals surface area contributed by atoms with E-state index in [2.05, 4.69) is 71.7 Å². The average molecular weight is 339 g/mol. The first-order valence-corrected chi connectivity index (χ1v) is 9.00. The van der Waals surface area contributed by atoms with Crippen LogP contribution >= 0.6 is 11.8 Å². The standard InChI is InChI=1S/C19H21N3OS/c1-13(23)24-16-12-20-17-21(16)15-8-5-6-10-19(15)11-7-9-14(22(17)19)18(2,3)4/h5-9,11-12H,10H2,1-4H3. The Hall–Kier alpha value is -2.01. The van der Waals surface area contributed by atoms with E-state index in [1.807, 2.05) is 6.20 Å². The van der Waals surface area contributed by atoms with Gasteiger partial charge in [-0.1, -0.05) is 45.1 Å². The van der Waals surface area contributed by atoms with Gasteiger partial charge in [-0.2, -0.15) is 0 Å². The summed E-state index contributed by atoms with van der Waals surface area (Å²) < 4.78 is 2.14. The van der Waals surface area contributed by atoms with Gasteiger partial charge in [-0.25, -0.2) is 4.98 Å². The maximum atomic E-state index is 11.7. The van der Waals surface area contributed by atoms with Gasteiger partial charge in [-0.05, 0) is 30.3 Å². The molecule has 3 heterocycles. The van der Waals surface area contributed by atoms with E-state index in [1.165, 1.54) is 23.2 Å². The van der Waals surface area contributed by atoms with E-state index in [0.29, 0.717) is 0 Å². The Morgan fingerprint density at radius 1 is 1.29 bits per heavy atom. The third-order valence-corrected chi connectivity index (χ3v) is 5.48. The molecular formula is C19H21N3OS. The maximum absolute atomic E-state index is 11.7. The minimum atomic E-state index is -0.234. The van der Waals surface area contributed by atoms with E-state index >= 15 is 0 Å². The predicted octanol–water partition coefficient (Wildman–Crippen LogP) is 4.38. The number of anilines is 1. The van der Waals surface area contributed by atoms with Gasteiger partial charge >= 0.3 is 0 Å². The fraction of sp³-hybridized carbons (Fsp3) is 0.368. The molecule has 4 nitrogen and oxygen atoms in total. The van der Waals surface area contributed by atoms with Crippen LogP contribution in [0.15, 0.2) is 53.4 Å². The zero-order valence-corrected chi connectivity index (χ0v) is 15.2. The van der Waals surface area contributed by atoms with Crippen molar-refractivity contribution in [3.63, 3.8) is 0 Å². The lowest BCUT2D eigenvalue weighted by Gasteiger charge is -2.44. The summed E-state index contributed by atoms with van der Waals surface area (Å²) in [6.07, 6.45) is 15.8. The van der Waals surface area contributed by atoms with Crippen molar-refractivity contribution < 1.29 is 4.79 Å². The van der Waals surface area contributed by atoms with Gasteiger partial charge in [-0.3, -0.25) is 14.3 Å². The minimum Gasteiger partial charge on any atom is -0.299 e. The quantitative estimate of drug-likeness (QED) is 0.712. The first-order chi connectivity index (χ1) is 11.3. The number of hydrogen-bond donors (Lipinski definition) is 0. The van der Waals surface area contributed by atoms with E-state index in [4.69, 9.17) is 0 Å². The molecule has 0 aromatic carbocycles. The second kappa shape index (κ2) is 4.99. The van der Waals surface area contributed by atoms with Crippen LogP contribution in [0.2, 0.25) is 0 Å². The Bertz CT molecular complexity index is 850. The van der Waals surface area contributed by atoms with Crippen molar-refractivity contribution in [1.82, 2.24) is 9.55 Å². The molecule has 0 amide bonds. The van der Waals surface area contributed by atoms with Crippen LogP contribution in [0.25, 0.3) is 5.70 Å². The summed E-state index contributed by atoms with van der Waals surface area (Å²) in [5.41, 5.74) is 2.18. The molecule has 1 aliphatic carbocycles. The molecule has 0 bridgehead atoms. The molecule has 24 heavy (non-hydrogen) atoms. The Balaban J connectivity index is 1.96. The summed E-state index contributed by atoms with van der Waals surface area (Å²) in [5.74, 6) is 0.902. The van der Waals surface area contributed by atoms with Crippen molar-refractivity contribution in [2.45, 2.75) is 44.7 Å². The van der Waals surface area contributed by atoms with Crippen LogP contribution in [-0.2, 0) is 4.79 Å². The lowest BCUT2D eigenvalue weighted by atomic mass is 9.80. The van der Waals surface area contributed by atoms with Crippen molar-refractivity contribution in [3.05, 3.63) is 48.4 Å². The van der Waals surface area contributed by atoms with Crippen LogP contribution in [0.1, 0.15) is 34.1 Å². The summed E-state index contributed by atoms with van der Waals surface area (Å²) in [5, 5.41) is 0.959. The van der Waals surface area contributed by atoms with Gasteiger partial charge in [0.25, 0.3) is 0 Å². The Morgan fingerprint density at radius 2 is 2.08 bits per heavy atom. The number of hydrogen-bond acceptors (Lipinski definition) is 4. The van der Waals surface area contributed by atoms with Gasteiger partial charge in [0.05, 0.1) is 11.9 Å². The van der Waals surface area contributed by atoms with Gasteiger partial charge in [0.15, 0.2) is 5.12 Å². The molecule has 1 aromatic rings. The molecule has 0 saturated heterocycles. The smallest absolute Gasteiger partial charge is 0.216 e. The van der Waals surface area contributed by atoms with Crippen molar-refractivity contribution >= 4 is 28.5 Å². The van der Waals surface area contributed by atoms with Crippen LogP contribution in [0.5, 0.6) is 0 Å². The SMILES string of the molecule is CC(=O)Sc1cnc2n1C1=CC=CCC13C=CC=C(C(C)(C)C)N23. The zero-order chi connectivity index (χ0) is 17.1. The average Bonchev–Trinajstić information content (AvgIpc) is 3.01. The molecule has 4 rings (SSSR count). The number of fused-ring (bicyclic) bond motifs is 3. The molecule has 1 atom stereocenters. The molecule has 5 heteroatoms. The Morgan fingerprint density at radius 3 is 2.79 bits per heavy atom. The number of carbonyl (C=O) groups excluding carboxylic acids is 1. The number of imidazole rings is 1. The topological polar surface area (TPSA) is 38.1 Å². The highest BCUT2D eigenvalue weighted by Gasteiger charge is 2.52. The third-order valence-electron chi connectivity index (χ3n) is 4.70. The lowest BCUT2D eigenvalue weighted by molar-refractivity contribution is -0.109. The molecule has 0 saturated carbocycles. The van der Waals surface area contributed by atoms with Gasteiger partial charge in [-0.15, -0.1) is 0 Å². The number of rotatable bonds is 1. The number of carbonyl (C=O) groups is 1. The zero-order valence-electron chi connectivity index (χ0n) is 14.4.